The Labute approximate surface area is 171 Å². The smallest absolute Gasteiger partial charge is 0.196 e. The van der Waals surface area contributed by atoms with E-state index in [1.54, 1.807) is 30.3 Å². The third kappa shape index (κ3) is 3.47. The molecule has 0 aliphatic carbocycles. The first kappa shape index (κ1) is 19.5. The summed E-state index contributed by atoms with van der Waals surface area (Å²) in [5.74, 6) is -0.852. The number of carbonyl (C=O) groups excluding carboxylic acids is 2. The number of hydrogen-bond acceptors (Lipinski definition) is 6. The van der Waals surface area contributed by atoms with Crippen molar-refractivity contribution in [1.82, 2.24) is 0 Å². The van der Waals surface area contributed by atoms with Gasteiger partial charge < -0.3 is 22.9 Å². The lowest BCUT2D eigenvalue weighted by Crippen LogP contribution is -2.11. The molecule has 0 aliphatic rings. The number of ketones is 2. The van der Waals surface area contributed by atoms with Crippen molar-refractivity contribution in [1.29, 1.82) is 0 Å². The summed E-state index contributed by atoms with van der Waals surface area (Å²) in [5, 5.41) is 0.118. The van der Waals surface area contributed by atoms with Crippen molar-refractivity contribution in [3.8, 4) is 0 Å². The second-order valence-electron chi connectivity index (χ2n) is 6.14. The Morgan fingerprint density at radius 3 is 2.07 bits per heavy atom. The van der Waals surface area contributed by atoms with Crippen molar-refractivity contribution < 1.29 is 9.59 Å². The van der Waals surface area contributed by atoms with Crippen molar-refractivity contribution >= 4 is 57.5 Å². The summed E-state index contributed by atoms with van der Waals surface area (Å²) in [5.41, 5.74) is 24.9. The molecule has 0 aliphatic heterocycles. The summed E-state index contributed by atoms with van der Waals surface area (Å²) < 4.78 is 0. The average molecular weight is 415 g/mol. The van der Waals surface area contributed by atoms with E-state index < -0.39 is 5.78 Å². The van der Waals surface area contributed by atoms with E-state index in [4.69, 9.17) is 46.1 Å². The molecule has 0 saturated carbocycles. The van der Waals surface area contributed by atoms with E-state index in [1.165, 1.54) is 18.2 Å². The maximum absolute atomic E-state index is 13.0. The van der Waals surface area contributed by atoms with E-state index >= 15 is 0 Å². The maximum atomic E-state index is 13.0. The lowest BCUT2D eigenvalue weighted by Gasteiger charge is -2.12. The SMILES string of the molecule is Nc1ccc(N)c(C(=O)c2cccc(C(=O)c3c(N)cc(Cl)c(N)c3Cl)c2)c1. The zero-order chi connectivity index (χ0) is 20.6. The third-order valence-corrected chi connectivity index (χ3v) is 4.93. The molecule has 0 aromatic heterocycles. The number of nitrogen functional groups attached to an aromatic ring is 4. The van der Waals surface area contributed by atoms with E-state index in [-0.39, 0.29) is 55.1 Å². The van der Waals surface area contributed by atoms with Crippen LogP contribution in [0.4, 0.5) is 22.7 Å². The molecule has 0 saturated heterocycles. The molecular weight excluding hydrogens is 399 g/mol. The van der Waals surface area contributed by atoms with Crippen LogP contribution in [0, 0.1) is 0 Å². The number of anilines is 4. The predicted molar refractivity (Wildman–Crippen MR) is 114 cm³/mol. The van der Waals surface area contributed by atoms with Crippen molar-refractivity contribution in [3.63, 3.8) is 0 Å². The van der Waals surface area contributed by atoms with E-state index in [2.05, 4.69) is 0 Å². The van der Waals surface area contributed by atoms with Crippen LogP contribution in [0.15, 0.2) is 48.5 Å². The lowest BCUT2D eigenvalue weighted by molar-refractivity contribution is 0.103. The van der Waals surface area contributed by atoms with Crippen LogP contribution in [0.5, 0.6) is 0 Å². The molecule has 0 unspecified atom stereocenters. The molecule has 142 valence electrons. The number of nitrogens with two attached hydrogens (primary N) is 4. The Morgan fingerprint density at radius 1 is 0.750 bits per heavy atom. The Balaban J connectivity index is 2.05. The van der Waals surface area contributed by atoms with Gasteiger partial charge in [-0.2, -0.15) is 0 Å². The van der Waals surface area contributed by atoms with Crippen LogP contribution < -0.4 is 22.9 Å². The molecule has 0 bridgehead atoms. The first-order chi connectivity index (χ1) is 13.2. The Kier molecular flexibility index (Phi) is 5.18. The monoisotopic (exact) mass is 414 g/mol. The number of halogens is 2. The minimum Gasteiger partial charge on any atom is -0.399 e. The molecule has 3 rings (SSSR count). The maximum Gasteiger partial charge on any atom is 0.196 e. The number of carbonyl (C=O) groups is 2. The normalized spacial score (nSPS) is 10.6. The van der Waals surface area contributed by atoms with Crippen LogP contribution in [0.2, 0.25) is 10.0 Å². The van der Waals surface area contributed by atoms with Crippen LogP contribution >= 0.6 is 23.2 Å². The van der Waals surface area contributed by atoms with Gasteiger partial charge in [-0.3, -0.25) is 9.59 Å². The fourth-order valence-electron chi connectivity index (χ4n) is 2.76. The molecule has 0 fully saturated rings. The highest BCUT2D eigenvalue weighted by Gasteiger charge is 2.22. The summed E-state index contributed by atoms with van der Waals surface area (Å²) in [6, 6.07) is 12.1. The fourth-order valence-corrected chi connectivity index (χ4v) is 3.31. The van der Waals surface area contributed by atoms with Crippen molar-refractivity contribution in [3.05, 3.63) is 80.8 Å². The van der Waals surface area contributed by atoms with Crippen LogP contribution in [0.1, 0.15) is 31.8 Å². The molecule has 8 heteroatoms. The summed E-state index contributed by atoms with van der Waals surface area (Å²) in [4.78, 5) is 25.8. The Morgan fingerprint density at radius 2 is 1.39 bits per heavy atom. The van der Waals surface area contributed by atoms with Gasteiger partial charge in [0.15, 0.2) is 11.6 Å². The summed E-state index contributed by atoms with van der Waals surface area (Å²) in [6.07, 6.45) is 0. The average Bonchev–Trinajstić information content (AvgIpc) is 2.67. The van der Waals surface area contributed by atoms with E-state index in [0.717, 1.165) is 0 Å². The summed E-state index contributed by atoms with van der Waals surface area (Å²) in [6.45, 7) is 0. The molecule has 6 nitrogen and oxygen atoms in total. The number of rotatable bonds is 4. The zero-order valence-electron chi connectivity index (χ0n) is 14.5. The Bertz CT molecular complexity index is 1130. The van der Waals surface area contributed by atoms with Gasteiger partial charge in [-0.15, -0.1) is 0 Å². The van der Waals surface area contributed by atoms with Gasteiger partial charge in [-0.05, 0) is 30.3 Å². The highest BCUT2D eigenvalue weighted by atomic mass is 35.5. The van der Waals surface area contributed by atoms with Gasteiger partial charge in [-0.25, -0.2) is 0 Å². The molecule has 0 radical (unpaired) electrons. The topological polar surface area (TPSA) is 138 Å². The van der Waals surface area contributed by atoms with Crippen molar-refractivity contribution in [2.24, 2.45) is 0 Å². The largest absolute Gasteiger partial charge is 0.399 e. The first-order valence-corrected chi connectivity index (χ1v) is 8.83. The van der Waals surface area contributed by atoms with Crippen LogP contribution in [0.3, 0.4) is 0 Å². The third-order valence-electron chi connectivity index (χ3n) is 4.22. The lowest BCUT2D eigenvalue weighted by atomic mass is 9.95. The van der Waals surface area contributed by atoms with Gasteiger partial charge >= 0.3 is 0 Å². The number of benzene rings is 3. The summed E-state index contributed by atoms with van der Waals surface area (Å²) in [7, 11) is 0. The van der Waals surface area contributed by atoms with Gasteiger partial charge in [0.1, 0.15) is 0 Å². The molecule has 28 heavy (non-hydrogen) atoms. The fraction of sp³-hybridized carbons (Fsp3) is 0. The zero-order valence-corrected chi connectivity index (χ0v) is 16.0. The molecular formula is C20H16Cl2N4O2. The molecule has 0 amide bonds. The van der Waals surface area contributed by atoms with E-state index in [0.29, 0.717) is 5.69 Å². The Hall–Kier alpha value is -3.22. The van der Waals surface area contributed by atoms with Gasteiger partial charge in [0.25, 0.3) is 0 Å². The molecule has 8 N–H and O–H groups in total. The standard InChI is InChI=1S/C20H16Cl2N4O2/c21-13-8-15(25)16(17(22)18(13)26)20(28)10-3-1-2-9(6-10)19(27)12-7-11(23)4-5-14(12)24/h1-8H,23-26H2. The predicted octanol–water partition coefficient (Wildman–Crippen LogP) is 3.78. The minimum atomic E-state index is -0.485. The highest BCUT2D eigenvalue weighted by molar-refractivity contribution is 6.42. The molecule has 3 aromatic carbocycles. The molecule has 0 atom stereocenters. The van der Waals surface area contributed by atoms with Gasteiger partial charge in [0.2, 0.25) is 0 Å². The quantitative estimate of drug-likeness (QED) is 0.378. The minimum absolute atomic E-state index is 0.0247. The molecule has 0 spiro atoms. The van der Waals surface area contributed by atoms with E-state index in [1.807, 2.05) is 0 Å². The molecule has 0 heterocycles. The van der Waals surface area contributed by atoms with Crippen molar-refractivity contribution in [2.45, 2.75) is 0 Å². The second-order valence-corrected chi connectivity index (χ2v) is 6.92. The first-order valence-electron chi connectivity index (χ1n) is 8.08. The van der Waals surface area contributed by atoms with Crippen LogP contribution in [-0.4, -0.2) is 11.6 Å². The van der Waals surface area contributed by atoms with Gasteiger partial charge in [0, 0.05) is 33.8 Å². The van der Waals surface area contributed by atoms with E-state index in [9.17, 15) is 9.59 Å². The van der Waals surface area contributed by atoms with Gasteiger partial charge in [-0.1, -0.05) is 41.4 Å². The van der Waals surface area contributed by atoms with Crippen molar-refractivity contribution in [2.75, 3.05) is 22.9 Å². The summed E-state index contributed by atoms with van der Waals surface area (Å²) >= 11 is 12.1. The second kappa shape index (κ2) is 7.42. The van der Waals surface area contributed by atoms with Crippen LogP contribution in [0.25, 0.3) is 0 Å². The van der Waals surface area contributed by atoms with Gasteiger partial charge in [0.05, 0.1) is 21.3 Å². The van der Waals surface area contributed by atoms with Crippen LogP contribution in [-0.2, 0) is 0 Å². The number of hydrogen-bond donors (Lipinski definition) is 4. The highest BCUT2D eigenvalue weighted by Crippen LogP contribution is 2.36. The molecule has 3 aromatic rings.